The average molecular weight is 338 g/mol. The standard InChI is InChI=1S/C15H16BrNO3/c1-10(2)9-19-12-5-3-11(4-6-12)17-15(18)13-7-8-14(16)20-13/h3-8,10H,9H2,1-2H3,(H,17,18). The number of hydrogen-bond donors (Lipinski definition) is 1. The Labute approximate surface area is 126 Å². The highest BCUT2D eigenvalue weighted by Crippen LogP contribution is 2.19. The van der Waals surface area contributed by atoms with Crippen LogP contribution in [0.3, 0.4) is 0 Å². The van der Waals surface area contributed by atoms with Gasteiger partial charge >= 0.3 is 0 Å². The Bertz CT molecular complexity index is 575. The Balaban J connectivity index is 1.95. The van der Waals surface area contributed by atoms with E-state index in [1.165, 1.54) is 0 Å². The molecule has 2 rings (SSSR count). The number of ether oxygens (including phenoxy) is 1. The van der Waals surface area contributed by atoms with Crippen LogP contribution in [0.25, 0.3) is 0 Å². The molecule has 1 N–H and O–H groups in total. The van der Waals surface area contributed by atoms with Crippen LogP contribution >= 0.6 is 15.9 Å². The minimum absolute atomic E-state index is 0.261. The summed E-state index contributed by atoms with van der Waals surface area (Å²) in [6, 6.07) is 10.5. The van der Waals surface area contributed by atoms with Gasteiger partial charge in [-0.1, -0.05) is 13.8 Å². The number of hydrogen-bond acceptors (Lipinski definition) is 3. The monoisotopic (exact) mass is 337 g/mol. The summed E-state index contributed by atoms with van der Waals surface area (Å²) in [7, 11) is 0. The number of carbonyl (C=O) groups excluding carboxylic acids is 1. The molecule has 0 atom stereocenters. The van der Waals surface area contributed by atoms with E-state index in [2.05, 4.69) is 35.1 Å². The highest BCUT2D eigenvalue weighted by Gasteiger charge is 2.10. The minimum atomic E-state index is -0.286. The second-order valence-electron chi connectivity index (χ2n) is 4.79. The molecule has 2 aromatic rings. The lowest BCUT2D eigenvalue weighted by Crippen LogP contribution is -2.10. The van der Waals surface area contributed by atoms with Crippen LogP contribution in [0.2, 0.25) is 0 Å². The van der Waals surface area contributed by atoms with Crippen LogP contribution in [0.4, 0.5) is 5.69 Å². The molecule has 0 saturated heterocycles. The molecule has 0 bridgehead atoms. The molecule has 0 unspecified atom stereocenters. The Morgan fingerprint density at radius 2 is 1.95 bits per heavy atom. The maximum absolute atomic E-state index is 11.9. The third-order valence-corrected chi connectivity index (χ3v) is 2.92. The fraction of sp³-hybridized carbons (Fsp3) is 0.267. The Kier molecular flexibility index (Phi) is 4.84. The Morgan fingerprint density at radius 1 is 1.25 bits per heavy atom. The predicted octanol–water partition coefficient (Wildman–Crippen LogP) is 4.33. The Hall–Kier alpha value is -1.75. The SMILES string of the molecule is CC(C)COc1ccc(NC(=O)c2ccc(Br)o2)cc1. The van der Waals surface area contributed by atoms with Crippen molar-refractivity contribution >= 4 is 27.5 Å². The van der Waals surface area contributed by atoms with Gasteiger partial charge in [0.1, 0.15) is 5.75 Å². The van der Waals surface area contributed by atoms with E-state index in [4.69, 9.17) is 9.15 Å². The predicted molar refractivity (Wildman–Crippen MR) is 81.1 cm³/mol. The number of carbonyl (C=O) groups is 1. The number of anilines is 1. The summed E-state index contributed by atoms with van der Waals surface area (Å²) in [6.07, 6.45) is 0. The quantitative estimate of drug-likeness (QED) is 0.883. The molecule has 0 spiro atoms. The zero-order valence-corrected chi connectivity index (χ0v) is 12.9. The second kappa shape index (κ2) is 6.61. The van der Waals surface area contributed by atoms with Gasteiger partial charge in [0.25, 0.3) is 5.91 Å². The van der Waals surface area contributed by atoms with E-state index in [0.29, 0.717) is 22.9 Å². The summed E-state index contributed by atoms with van der Waals surface area (Å²) < 4.78 is 11.3. The molecule has 0 saturated carbocycles. The molecule has 1 heterocycles. The zero-order valence-electron chi connectivity index (χ0n) is 11.4. The highest BCUT2D eigenvalue weighted by molar-refractivity contribution is 9.10. The normalized spacial score (nSPS) is 10.6. The van der Waals surface area contributed by atoms with Gasteiger partial charge in [0.05, 0.1) is 6.61 Å². The molecule has 0 fully saturated rings. The molecule has 1 amide bonds. The molecule has 0 aliphatic rings. The number of rotatable bonds is 5. The Morgan fingerprint density at radius 3 is 2.50 bits per heavy atom. The summed E-state index contributed by atoms with van der Waals surface area (Å²) in [4.78, 5) is 11.9. The van der Waals surface area contributed by atoms with Gasteiger partial charge in [0.15, 0.2) is 10.4 Å². The van der Waals surface area contributed by atoms with Crippen LogP contribution in [0.15, 0.2) is 45.5 Å². The van der Waals surface area contributed by atoms with Crippen molar-refractivity contribution in [1.29, 1.82) is 0 Å². The number of benzene rings is 1. The van der Waals surface area contributed by atoms with Crippen LogP contribution in [0.1, 0.15) is 24.4 Å². The first-order chi connectivity index (χ1) is 9.54. The van der Waals surface area contributed by atoms with Gasteiger partial charge in [0, 0.05) is 5.69 Å². The molecule has 1 aromatic carbocycles. The van der Waals surface area contributed by atoms with Gasteiger partial charge in [0.2, 0.25) is 0 Å². The third kappa shape index (κ3) is 4.13. The smallest absolute Gasteiger partial charge is 0.291 e. The molecule has 0 radical (unpaired) electrons. The van der Waals surface area contributed by atoms with Crippen LogP contribution in [-0.4, -0.2) is 12.5 Å². The van der Waals surface area contributed by atoms with E-state index in [1.54, 1.807) is 24.3 Å². The van der Waals surface area contributed by atoms with Gasteiger partial charge in [-0.3, -0.25) is 4.79 Å². The largest absolute Gasteiger partial charge is 0.493 e. The van der Waals surface area contributed by atoms with E-state index in [0.717, 1.165) is 5.75 Å². The molecule has 5 heteroatoms. The van der Waals surface area contributed by atoms with Gasteiger partial charge in [-0.15, -0.1) is 0 Å². The van der Waals surface area contributed by atoms with Crippen molar-refractivity contribution in [1.82, 2.24) is 0 Å². The van der Waals surface area contributed by atoms with Crippen molar-refractivity contribution < 1.29 is 13.9 Å². The molecule has 0 aliphatic carbocycles. The highest BCUT2D eigenvalue weighted by atomic mass is 79.9. The summed E-state index contributed by atoms with van der Waals surface area (Å²) in [5, 5.41) is 2.75. The molecule has 20 heavy (non-hydrogen) atoms. The van der Waals surface area contributed by atoms with Crippen LogP contribution in [0.5, 0.6) is 5.75 Å². The van der Waals surface area contributed by atoms with Gasteiger partial charge in [-0.05, 0) is 58.2 Å². The minimum Gasteiger partial charge on any atom is -0.493 e. The summed E-state index contributed by atoms with van der Waals surface area (Å²) >= 11 is 3.16. The van der Waals surface area contributed by atoms with E-state index in [1.807, 2.05) is 12.1 Å². The van der Waals surface area contributed by atoms with E-state index < -0.39 is 0 Å². The summed E-state index contributed by atoms with van der Waals surface area (Å²) in [6.45, 7) is 4.86. The van der Waals surface area contributed by atoms with Crippen molar-refractivity contribution in [3.05, 3.63) is 46.8 Å². The van der Waals surface area contributed by atoms with Crippen LogP contribution in [-0.2, 0) is 0 Å². The van der Waals surface area contributed by atoms with Crippen molar-refractivity contribution in [3.8, 4) is 5.75 Å². The lowest BCUT2D eigenvalue weighted by Gasteiger charge is -2.09. The molecule has 4 nitrogen and oxygen atoms in total. The number of nitrogens with one attached hydrogen (secondary N) is 1. The summed E-state index contributed by atoms with van der Waals surface area (Å²) in [5.41, 5.74) is 0.694. The maximum atomic E-state index is 11.9. The van der Waals surface area contributed by atoms with Gasteiger partial charge < -0.3 is 14.5 Å². The molecular formula is C15H16BrNO3. The number of furan rings is 1. The first-order valence-electron chi connectivity index (χ1n) is 6.34. The zero-order chi connectivity index (χ0) is 14.5. The molecule has 0 aliphatic heterocycles. The third-order valence-electron chi connectivity index (χ3n) is 2.49. The average Bonchev–Trinajstić information content (AvgIpc) is 2.85. The van der Waals surface area contributed by atoms with Crippen molar-refractivity contribution in [2.24, 2.45) is 5.92 Å². The van der Waals surface area contributed by atoms with Crippen LogP contribution in [0, 0.1) is 5.92 Å². The first kappa shape index (κ1) is 14.7. The van der Waals surface area contributed by atoms with E-state index >= 15 is 0 Å². The van der Waals surface area contributed by atoms with Gasteiger partial charge in [-0.2, -0.15) is 0 Å². The fourth-order valence-corrected chi connectivity index (χ4v) is 1.83. The van der Waals surface area contributed by atoms with Crippen molar-refractivity contribution in [2.45, 2.75) is 13.8 Å². The molecule has 106 valence electrons. The van der Waals surface area contributed by atoms with E-state index in [9.17, 15) is 4.79 Å². The number of amides is 1. The second-order valence-corrected chi connectivity index (χ2v) is 5.57. The number of halogens is 1. The van der Waals surface area contributed by atoms with Crippen molar-refractivity contribution in [3.63, 3.8) is 0 Å². The lowest BCUT2D eigenvalue weighted by molar-refractivity contribution is 0.0995. The molecule has 1 aromatic heterocycles. The van der Waals surface area contributed by atoms with Crippen molar-refractivity contribution in [2.75, 3.05) is 11.9 Å². The fourth-order valence-electron chi connectivity index (χ4n) is 1.53. The van der Waals surface area contributed by atoms with Crippen LogP contribution < -0.4 is 10.1 Å². The van der Waals surface area contributed by atoms with E-state index in [-0.39, 0.29) is 11.7 Å². The van der Waals surface area contributed by atoms with Gasteiger partial charge in [-0.25, -0.2) is 0 Å². The first-order valence-corrected chi connectivity index (χ1v) is 7.13. The lowest BCUT2D eigenvalue weighted by atomic mass is 10.2. The summed E-state index contributed by atoms with van der Waals surface area (Å²) in [5.74, 6) is 1.24. The molecular weight excluding hydrogens is 322 g/mol. The maximum Gasteiger partial charge on any atom is 0.291 e. The topological polar surface area (TPSA) is 51.5 Å².